The number of amides is 1. The van der Waals surface area contributed by atoms with Gasteiger partial charge in [-0.2, -0.15) is 0 Å². The van der Waals surface area contributed by atoms with Crippen molar-refractivity contribution in [3.8, 4) is 0 Å². The van der Waals surface area contributed by atoms with Gasteiger partial charge in [-0.15, -0.1) is 0 Å². The maximum Gasteiger partial charge on any atom is 0.253 e. The van der Waals surface area contributed by atoms with E-state index in [2.05, 4.69) is 26.2 Å². The third-order valence-electron chi connectivity index (χ3n) is 5.62. The Morgan fingerprint density at radius 2 is 1.91 bits per heavy atom. The van der Waals surface area contributed by atoms with E-state index in [0.29, 0.717) is 22.5 Å². The van der Waals surface area contributed by atoms with Crippen molar-refractivity contribution < 1.29 is 18.3 Å². The first-order chi connectivity index (χ1) is 15.9. The number of hydrogen-bond donors (Lipinski definition) is 1. The van der Waals surface area contributed by atoms with Crippen LogP contribution in [0, 0.1) is 11.6 Å². The molecule has 2 heterocycles. The molecule has 1 N–H and O–H groups in total. The van der Waals surface area contributed by atoms with Crippen LogP contribution in [-0.2, 0) is 17.9 Å². The van der Waals surface area contributed by atoms with Crippen LogP contribution in [0.15, 0.2) is 58.1 Å². The number of benzene rings is 2. The number of nitrogens with one attached hydrogen (secondary N) is 1. The summed E-state index contributed by atoms with van der Waals surface area (Å²) < 4.78 is 33.2. The number of aliphatic imine (C=N–C) groups is 1. The van der Waals surface area contributed by atoms with Crippen LogP contribution in [0.25, 0.3) is 0 Å². The molecule has 2 aromatic rings. The van der Waals surface area contributed by atoms with Gasteiger partial charge in [0.2, 0.25) is 5.90 Å². The molecule has 2 aromatic carbocycles. The molecule has 0 spiro atoms. The number of carbonyl (C=O) groups is 1. The number of hydrogen-bond acceptors (Lipinski definition) is 5. The number of ether oxygens (including phenoxy) is 1. The van der Waals surface area contributed by atoms with Crippen LogP contribution in [0.3, 0.4) is 0 Å². The lowest BCUT2D eigenvalue weighted by Gasteiger charge is -2.30. The molecule has 0 bridgehead atoms. The standard InChI is InChI=1S/C24H25BrF2N4O2/c1-16-29-23(33-15-19-6-7-20(26)12-22(19)27)21(25)14-31(16)13-17-2-4-18(5-3-17)24(32)30-10-8-28-9-11-30/h2-7,12,14,16,28H,8-11,13,15H2,1H3. The van der Waals surface area contributed by atoms with E-state index in [4.69, 9.17) is 4.74 Å². The number of nitrogens with zero attached hydrogens (tertiary/aromatic N) is 3. The summed E-state index contributed by atoms with van der Waals surface area (Å²) in [7, 11) is 0. The summed E-state index contributed by atoms with van der Waals surface area (Å²) in [5.41, 5.74) is 1.99. The maximum absolute atomic E-state index is 13.8. The van der Waals surface area contributed by atoms with E-state index in [-0.39, 0.29) is 24.2 Å². The van der Waals surface area contributed by atoms with E-state index in [0.717, 1.165) is 37.8 Å². The highest BCUT2D eigenvalue weighted by molar-refractivity contribution is 9.12. The Morgan fingerprint density at radius 1 is 1.18 bits per heavy atom. The Balaban J connectivity index is 1.35. The molecule has 1 amide bonds. The molecule has 0 aromatic heterocycles. The fraction of sp³-hybridized carbons (Fsp3) is 0.333. The minimum absolute atomic E-state index is 0.0524. The van der Waals surface area contributed by atoms with Gasteiger partial charge < -0.3 is 19.9 Å². The zero-order valence-corrected chi connectivity index (χ0v) is 19.8. The Kier molecular flexibility index (Phi) is 7.39. The van der Waals surface area contributed by atoms with E-state index in [1.54, 1.807) is 0 Å². The third-order valence-corrected chi connectivity index (χ3v) is 6.16. The lowest BCUT2D eigenvalue weighted by Crippen LogP contribution is -2.46. The Labute approximate surface area is 200 Å². The van der Waals surface area contributed by atoms with Crippen LogP contribution in [0.5, 0.6) is 0 Å². The lowest BCUT2D eigenvalue weighted by atomic mass is 10.1. The molecular formula is C24H25BrF2N4O2. The van der Waals surface area contributed by atoms with Crippen molar-refractivity contribution in [2.24, 2.45) is 4.99 Å². The van der Waals surface area contributed by atoms with Gasteiger partial charge in [0.05, 0.1) is 4.48 Å². The zero-order valence-electron chi connectivity index (χ0n) is 18.2. The number of carbonyl (C=O) groups excluding carboxylic acids is 1. The summed E-state index contributed by atoms with van der Waals surface area (Å²) in [6, 6.07) is 11.0. The second kappa shape index (κ2) is 10.4. The van der Waals surface area contributed by atoms with E-state index in [9.17, 15) is 13.6 Å². The summed E-state index contributed by atoms with van der Waals surface area (Å²) in [6.07, 6.45) is 1.68. The molecule has 33 heavy (non-hydrogen) atoms. The molecule has 2 aliphatic rings. The first kappa shape index (κ1) is 23.4. The van der Waals surface area contributed by atoms with Crippen molar-refractivity contribution in [1.82, 2.24) is 15.1 Å². The van der Waals surface area contributed by atoms with E-state index in [1.165, 1.54) is 12.1 Å². The molecule has 0 aliphatic carbocycles. The SMILES string of the molecule is CC1N=C(OCc2ccc(F)cc2F)C(Br)=CN1Cc1ccc(C(=O)N2CCNCC2)cc1. The molecule has 6 nitrogen and oxygen atoms in total. The van der Waals surface area contributed by atoms with E-state index >= 15 is 0 Å². The number of halogens is 3. The summed E-state index contributed by atoms with van der Waals surface area (Å²) in [4.78, 5) is 21.1. The minimum Gasteiger partial charge on any atom is -0.472 e. The van der Waals surface area contributed by atoms with Gasteiger partial charge in [0.1, 0.15) is 24.4 Å². The Morgan fingerprint density at radius 3 is 2.61 bits per heavy atom. The van der Waals surface area contributed by atoms with E-state index < -0.39 is 11.6 Å². The highest BCUT2D eigenvalue weighted by atomic mass is 79.9. The fourth-order valence-corrected chi connectivity index (χ4v) is 4.18. The van der Waals surface area contributed by atoms with Crippen molar-refractivity contribution in [3.63, 3.8) is 0 Å². The molecule has 1 unspecified atom stereocenters. The molecule has 2 aliphatic heterocycles. The van der Waals surface area contributed by atoms with Gasteiger partial charge in [0, 0.05) is 56.1 Å². The van der Waals surface area contributed by atoms with Gasteiger partial charge in [-0.1, -0.05) is 12.1 Å². The van der Waals surface area contributed by atoms with Crippen LogP contribution < -0.4 is 5.32 Å². The quantitative estimate of drug-likeness (QED) is 0.649. The number of piperazine rings is 1. The second-order valence-corrected chi connectivity index (χ2v) is 8.83. The van der Waals surface area contributed by atoms with Crippen LogP contribution in [0.2, 0.25) is 0 Å². The highest BCUT2D eigenvalue weighted by Gasteiger charge is 2.22. The average Bonchev–Trinajstić information content (AvgIpc) is 2.82. The second-order valence-electron chi connectivity index (χ2n) is 7.98. The van der Waals surface area contributed by atoms with Gasteiger partial charge in [-0.3, -0.25) is 4.79 Å². The summed E-state index contributed by atoms with van der Waals surface area (Å²) >= 11 is 3.47. The predicted octanol–water partition coefficient (Wildman–Crippen LogP) is 4.02. The van der Waals surface area contributed by atoms with Gasteiger partial charge in [-0.05, 0) is 52.7 Å². The van der Waals surface area contributed by atoms with Gasteiger partial charge in [0.25, 0.3) is 5.91 Å². The molecule has 4 rings (SSSR count). The van der Waals surface area contributed by atoms with Crippen LogP contribution >= 0.6 is 15.9 Å². The maximum atomic E-state index is 13.8. The Bertz CT molecular complexity index is 1070. The van der Waals surface area contributed by atoms with Crippen molar-refractivity contribution in [1.29, 1.82) is 0 Å². The predicted molar refractivity (Wildman–Crippen MR) is 126 cm³/mol. The molecule has 1 atom stereocenters. The van der Waals surface area contributed by atoms with Crippen LogP contribution in [0.4, 0.5) is 8.78 Å². The third kappa shape index (κ3) is 5.78. The topological polar surface area (TPSA) is 57.2 Å². The highest BCUT2D eigenvalue weighted by Crippen LogP contribution is 2.23. The largest absolute Gasteiger partial charge is 0.472 e. The van der Waals surface area contributed by atoms with Crippen molar-refractivity contribution in [3.05, 3.63) is 81.5 Å². The lowest BCUT2D eigenvalue weighted by molar-refractivity contribution is 0.0735. The van der Waals surface area contributed by atoms with Crippen LogP contribution in [0.1, 0.15) is 28.4 Å². The summed E-state index contributed by atoms with van der Waals surface area (Å²) in [6.45, 7) is 5.57. The molecule has 0 radical (unpaired) electrons. The minimum atomic E-state index is -0.653. The molecule has 174 valence electrons. The molecular weight excluding hydrogens is 494 g/mol. The molecule has 0 saturated carbocycles. The monoisotopic (exact) mass is 518 g/mol. The first-order valence-electron chi connectivity index (χ1n) is 10.8. The summed E-state index contributed by atoms with van der Waals surface area (Å²) in [5, 5.41) is 3.25. The number of rotatable bonds is 5. The van der Waals surface area contributed by atoms with Crippen LogP contribution in [-0.4, -0.2) is 53.9 Å². The molecule has 1 fully saturated rings. The smallest absolute Gasteiger partial charge is 0.253 e. The van der Waals surface area contributed by atoms with Gasteiger partial charge in [-0.25, -0.2) is 13.8 Å². The van der Waals surface area contributed by atoms with Crippen molar-refractivity contribution in [2.75, 3.05) is 26.2 Å². The Hall–Kier alpha value is -2.78. The van der Waals surface area contributed by atoms with E-state index in [1.807, 2.05) is 47.2 Å². The van der Waals surface area contributed by atoms with Gasteiger partial charge >= 0.3 is 0 Å². The fourth-order valence-electron chi connectivity index (χ4n) is 3.70. The summed E-state index contributed by atoms with van der Waals surface area (Å²) in [5.74, 6) is -0.863. The molecule has 9 heteroatoms. The van der Waals surface area contributed by atoms with Gasteiger partial charge in [0.15, 0.2) is 0 Å². The van der Waals surface area contributed by atoms with Crippen molar-refractivity contribution >= 4 is 27.7 Å². The zero-order chi connectivity index (χ0) is 23.4. The van der Waals surface area contributed by atoms with Crippen molar-refractivity contribution in [2.45, 2.75) is 26.2 Å². The first-order valence-corrected chi connectivity index (χ1v) is 11.6. The average molecular weight is 519 g/mol. The molecule has 1 saturated heterocycles. The normalized spacial score (nSPS) is 18.6.